The Morgan fingerprint density at radius 3 is 2.06 bits per heavy atom. The molecule has 90 valence electrons. The van der Waals surface area contributed by atoms with Crippen LogP contribution in [-0.4, -0.2) is 26.2 Å². The van der Waals surface area contributed by atoms with Gasteiger partial charge in [0.15, 0.2) is 5.92 Å². The summed E-state index contributed by atoms with van der Waals surface area (Å²) in [6.07, 6.45) is 3.73. The summed E-state index contributed by atoms with van der Waals surface area (Å²) in [7, 11) is 2.48. The molecule has 4 nitrogen and oxygen atoms in total. The minimum atomic E-state index is -0.900. The van der Waals surface area contributed by atoms with Gasteiger partial charge >= 0.3 is 11.9 Å². The molecule has 0 aromatic heterocycles. The van der Waals surface area contributed by atoms with Crippen LogP contribution in [0.3, 0.4) is 0 Å². The predicted octanol–water partition coefficient (Wildman–Crippen LogP) is 1.71. The van der Waals surface area contributed by atoms with Gasteiger partial charge in [0.2, 0.25) is 0 Å². The van der Waals surface area contributed by atoms with Crippen molar-refractivity contribution < 1.29 is 19.1 Å². The second-order valence-corrected chi connectivity index (χ2v) is 3.62. The molecule has 0 saturated carbocycles. The van der Waals surface area contributed by atoms with Gasteiger partial charge in [0.25, 0.3) is 0 Å². The van der Waals surface area contributed by atoms with E-state index in [2.05, 4.69) is 15.2 Å². The Labute approximate surface area is 95.9 Å². The van der Waals surface area contributed by atoms with Crippen LogP contribution in [0.25, 0.3) is 0 Å². The fraction of sp³-hybridized carbons (Fsp3) is 0.583. The van der Waals surface area contributed by atoms with Gasteiger partial charge in [0, 0.05) is 0 Å². The molecule has 0 aliphatic heterocycles. The average molecular weight is 226 g/mol. The molecule has 0 bridgehead atoms. The smallest absolute Gasteiger partial charge is 0.320 e. The number of carbonyl (C=O) groups is 2. The Bertz CT molecular complexity index is 282. The van der Waals surface area contributed by atoms with Crippen molar-refractivity contribution >= 4 is 11.9 Å². The number of ether oxygens (including phenoxy) is 2. The van der Waals surface area contributed by atoms with Crippen LogP contribution in [0.4, 0.5) is 0 Å². The third-order valence-electron chi connectivity index (χ3n) is 1.87. The molecule has 4 heteroatoms. The van der Waals surface area contributed by atoms with Crippen LogP contribution in [0.15, 0.2) is 17.9 Å². The summed E-state index contributed by atoms with van der Waals surface area (Å²) >= 11 is 0. The van der Waals surface area contributed by atoms with Crippen molar-refractivity contribution in [1.82, 2.24) is 0 Å². The molecule has 0 N–H and O–H groups in total. The number of carbonyl (C=O) groups excluding carboxylic acids is 2. The maximum absolute atomic E-state index is 11.3. The second kappa shape index (κ2) is 7.71. The van der Waals surface area contributed by atoms with Crippen molar-refractivity contribution in [2.75, 3.05) is 14.2 Å². The minimum absolute atomic E-state index is 0.239. The maximum Gasteiger partial charge on any atom is 0.320 e. The molecule has 0 saturated heterocycles. The Kier molecular flexibility index (Phi) is 6.97. The molecule has 0 aromatic carbocycles. The van der Waals surface area contributed by atoms with Gasteiger partial charge in [-0.15, -0.1) is 5.73 Å². The van der Waals surface area contributed by atoms with E-state index in [1.807, 2.05) is 19.9 Å². The van der Waals surface area contributed by atoms with E-state index >= 15 is 0 Å². The third kappa shape index (κ3) is 5.37. The Balaban J connectivity index is 4.51. The summed E-state index contributed by atoms with van der Waals surface area (Å²) in [6.45, 7) is 4.03. The number of esters is 2. The van der Waals surface area contributed by atoms with Gasteiger partial charge < -0.3 is 9.47 Å². The highest BCUT2D eigenvalue weighted by molar-refractivity contribution is 5.94. The van der Waals surface area contributed by atoms with E-state index in [1.54, 1.807) is 6.08 Å². The Morgan fingerprint density at radius 1 is 1.19 bits per heavy atom. The van der Waals surface area contributed by atoms with Crippen molar-refractivity contribution in [2.45, 2.75) is 20.3 Å². The first kappa shape index (κ1) is 14.5. The molecule has 0 rings (SSSR count). The molecule has 0 atom stereocenters. The topological polar surface area (TPSA) is 52.6 Å². The van der Waals surface area contributed by atoms with Gasteiger partial charge in [-0.3, -0.25) is 9.59 Å². The molecule has 0 amide bonds. The largest absolute Gasteiger partial charge is 0.468 e. The summed E-state index contributed by atoms with van der Waals surface area (Å²) in [6, 6.07) is 0. The quantitative estimate of drug-likeness (QED) is 0.407. The first-order valence-corrected chi connectivity index (χ1v) is 5.09. The molecular weight excluding hydrogens is 208 g/mol. The molecule has 0 radical (unpaired) electrons. The summed E-state index contributed by atoms with van der Waals surface area (Å²) in [5.41, 5.74) is 2.91. The zero-order valence-corrected chi connectivity index (χ0v) is 10.1. The standard InChI is InChI=1S/C12H18O4/c1-9(2)7-5-6-8-10(11(13)15-3)12(14)16-4/h6-7,9-10H,8H2,1-4H3. The van der Waals surface area contributed by atoms with Crippen molar-refractivity contribution in [2.24, 2.45) is 11.8 Å². The number of allylic oxidation sites excluding steroid dienone is 1. The molecular formula is C12H18O4. The summed E-state index contributed by atoms with van der Waals surface area (Å²) in [4.78, 5) is 22.5. The lowest BCUT2D eigenvalue weighted by Crippen LogP contribution is -2.25. The van der Waals surface area contributed by atoms with Crippen LogP contribution in [-0.2, 0) is 19.1 Å². The minimum Gasteiger partial charge on any atom is -0.468 e. The summed E-state index contributed by atoms with van der Waals surface area (Å²) in [5, 5.41) is 0. The van der Waals surface area contributed by atoms with Crippen LogP contribution in [0, 0.1) is 11.8 Å². The summed E-state index contributed by atoms with van der Waals surface area (Å²) in [5.74, 6) is -1.70. The third-order valence-corrected chi connectivity index (χ3v) is 1.87. The molecule has 0 fully saturated rings. The zero-order valence-electron chi connectivity index (χ0n) is 10.1. The van der Waals surface area contributed by atoms with Crippen molar-refractivity contribution in [3.8, 4) is 0 Å². The van der Waals surface area contributed by atoms with Crippen LogP contribution in [0.5, 0.6) is 0 Å². The van der Waals surface area contributed by atoms with Gasteiger partial charge in [-0.25, -0.2) is 0 Å². The van der Waals surface area contributed by atoms with Crippen molar-refractivity contribution in [3.63, 3.8) is 0 Å². The highest BCUT2D eigenvalue weighted by atomic mass is 16.5. The maximum atomic E-state index is 11.3. The number of hydrogen-bond donors (Lipinski definition) is 0. The highest BCUT2D eigenvalue weighted by Crippen LogP contribution is 2.08. The van der Waals surface area contributed by atoms with Gasteiger partial charge in [-0.2, -0.15) is 0 Å². The Hall–Kier alpha value is -1.54. The van der Waals surface area contributed by atoms with E-state index in [1.165, 1.54) is 14.2 Å². The van der Waals surface area contributed by atoms with Crippen LogP contribution in [0.2, 0.25) is 0 Å². The van der Waals surface area contributed by atoms with Crippen LogP contribution < -0.4 is 0 Å². The number of rotatable bonds is 5. The molecule has 0 heterocycles. The molecule has 0 spiro atoms. The van der Waals surface area contributed by atoms with E-state index in [4.69, 9.17) is 0 Å². The van der Waals surface area contributed by atoms with Crippen LogP contribution >= 0.6 is 0 Å². The van der Waals surface area contributed by atoms with E-state index in [9.17, 15) is 9.59 Å². The molecule has 16 heavy (non-hydrogen) atoms. The zero-order chi connectivity index (χ0) is 12.6. The average Bonchev–Trinajstić information content (AvgIpc) is 2.27. The van der Waals surface area contributed by atoms with Crippen molar-refractivity contribution in [1.29, 1.82) is 0 Å². The van der Waals surface area contributed by atoms with E-state index in [0.717, 1.165) is 0 Å². The van der Waals surface area contributed by atoms with Gasteiger partial charge in [-0.05, 0) is 24.5 Å². The monoisotopic (exact) mass is 226 g/mol. The van der Waals surface area contributed by atoms with Gasteiger partial charge in [-0.1, -0.05) is 13.8 Å². The number of methoxy groups -OCH3 is 2. The lowest BCUT2D eigenvalue weighted by molar-refractivity contribution is -0.158. The van der Waals surface area contributed by atoms with Gasteiger partial charge in [0.1, 0.15) is 0 Å². The first-order valence-electron chi connectivity index (χ1n) is 5.09. The van der Waals surface area contributed by atoms with E-state index in [-0.39, 0.29) is 6.42 Å². The van der Waals surface area contributed by atoms with E-state index in [0.29, 0.717) is 5.92 Å². The molecule has 0 unspecified atom stereocenters. The highest BCUT2D eigenvalue weighted by Gasteiger charge is 2.26. The van der Waals surface area contributed by atoms with Crippen LogP contribution in [0.1, 0.15) is 20.3 Å². The fourth-order valence-electron chi connectivity index (χ4n) is 1.02. The van der Waals surface area contributed by atoms with E-state index < -0.39 is 17.9 Å². The lowest BCUT2D eigenvalue weighted by atomic mass is 10.1. The second-order valence-electron chi connectivity index (χ2n) is 3.62. The Morgan fingerprint density at radius 2 is 1.69 bits per heavy atom. The van der Waals surface area contributed by atoms with Crippen molar-refractivity contribution in [3.05, 3.63) is 17.9 Å². The summed E-state index contributed by atoms with van der Waals surface area (Å²) < 4.78 is 9.03. The fourth-order valence-corrected chi connectivity index (χ4v) is 1.02. The normalized spacial score (nSPS) is 9.62. The lowest BCUT2D eigenvalue weighted by Gasteiger charge is -2.08. The first-order chi connectivity index (χ1) is 7.52. The molecule has 0 aliphatic rings. The molecule has 0 aromatic rings. The SMILES string of the molecule is COC(=O)C(CC=C=CC(C)C)C(=O)OC. The molecule has 0 aliphatic carbocycles. The number of hydrogen-bond acceptors (Lipinski definition) is 4. The van der Waals surface area contributed by atoms with Gasteiger partial charge in [0.05, 0.1) is 14.2 Å². The predicted molar refractivity (Wildman–Crippen MR) is 59.6 cm³/mol.